The lowest BCUT2D eigenvalue weighted by Crippen LogP contribution is -2.46. The molecule has 1 amide bonds. The van der Waals surface area contributed by atoms with E-state index in [1.807, 2.05) is 19.2 Å². The van der Waals surface area contributed by atoms with Crippen molar-refractivity contribution >= 4 is 16.8 Å². The van der Waals surface area contributed by atoms with Crippen LogP contribution in [0.15, 0.2) is 30.3 Å². The van der Waals surface area contributed by atoms with Gasteiger partial charge in [0, 0.05) is 50.2 Å². The topological polar surface area (TPSA) is 28.5 Å². The van der Waals surface area contributed by atoms with Crippen LogP contribution in [0.4, 0.5) is 0 Å². The van der Waals surface area contributed by atoms with Crippen LogP contribution in [0.2, 0.25) is 0 Å². The number of fused-ring (bicyclic) bond motifs is 1. The Morgan fingerprint density at radius 3 is 2.65 bits per heavy atom. The third-order valence-electron chi connectivity index (χ3n) is 6.17. The first-order chi connectivity index (χ1) is 12.5. The molecular formula is C22H31N3O. The highest BCUT2D eigenvalue weighted by molar-refractivity contribution is 5.98. The molecule has 0 radical (unpaired) electrons. The molecular weight excluding hydrogens is 322 g/mol. The van der Waals surface area contributed by atoms with Gasteiger partial charge in [-0.2, -0.15) is 0 Å². The summed E-state index contributed by atoms with van der Waals surface area (Å²) >= 11 is 0. The lowest BCUT2D eigenvalue weighted by molar-refractivity contribution is 0.0695. The van der Waals surface area contributed by atoms with Gasteiger partial charge >= 0.3 is 0 Å². The van der Waals surface area contributed by atoms with E-state index in [-0.39, 0.29) is 5.91 Å². The molecule has 0 spiro atoms. The maximum atomic E-state index is 13.3. The van der Waals surface area contributed by atoms with E-state index in [0.717, 1.165) is 48.6 Å². The SMILES string of the molecule is CC(C)C1CN(C(=O)c2cc3ccccc3n2C)CCCN1CC1CC1. The highest BCUT2D eigenvalue weighted by Gasteiger charge is 2.34. The number of nitrogens with zero attached hydrogens (tertiary/aromatic N) is 3. The summed E-state index contributed by atoms with van der Waals surface area (Å²) in [7, 11) is 2.01. The molecule has 2 aliphatic rings. The van der Waals surface area contributed by atoms with Crippen LogP contribution in [0.3, 0.4) is 0 Å². The maximum Gasteiger partial charge on any atom is 0.270 e. The van der Waals surface area contributed by atoms with Gasteiger partial charge in [0.1, 0.15) is 5.69 Å². The number of rotatable bonds is 4. The first-order valence-corrected chi connectivity index (χ1v) is 10.1. The molecule has 2 heterocycles. The van der Waals surface area contributed by atoms with Crippen LogP contribution in [0.5, 0.6) is 0 Å². The van der Waals surface area contributed by atoms with E-state index in [0.29, 0.717) is 12.0 Å². The summed E-state index contributed by atoms with van der Waals surface area (Å²) in [5.74, 6) is 1.65. The molecule has 4 rings (SSSR count). The van der Waals surface area contributed by atoms with Crippen molar-refractivity contribution in [1.82, 2.24) is 14.4 Å². The molecule has 4 heteroatoms. The van der Waals surface area contributed by atoms with E-state index in [9.17, 15) is 4.79 Å². The standard InChI is InChI=1S/C22H31N3O/c1-16(2)21-15-25(12-6-11-24(21)14-17-9-10-17)22(26)20-13-18-7-4-5-8-19(18)23(20)3/h4-5,7-8,13,16-17,21H,6,9-12,14-15H2,1-3H3. The van der Waals surface area contributed by atoms with Crippen LogP contribution in [0, 0.1) is 11.8 Å². The molecule has 2 aromatic rings. The zero-order valence-corrected chi connectivity index (χ0v) is 16.3. The molecule has 1 aromatic carbocycles. The summed E-state index contributed by atoms with van der Waals surface area (Å²) in [6.07, 6.45) is 3.85. The summed E-state index contributed by atoms with van der Waals surface area (Å²) in [4.78, 5) is 18.1. The Morgan fingerprint density at radius 2 is 1.96 bits per heavy atom. The van der Waals surface area contributed by atoms with E-state index >= 15 is 0 Å². The lowest BCUT2D eigenvalue weighted by Gasteiger charge is -2.34. The molecule has 26 heavy (non-hydrogen) atoms. The molecule has 1 atom stereocenters. The van der Waals surface area contributed by atoms with E-state index in [4.69, 9.17) is 0 Å². The fourth-order valence-corrected chi connectivity index (χ4v) is 4.39. The van der Waals surface area contributed by atoms with Crippen molar-refractivity contribution < 1.29 is 4.79 Å². The van der Waals surface area contributed by atoms with Crippen molar-refractivity contribution in [3.8, 4) is 0 Å². The van der Waals surface area contributed by atoms with Gasteiger partial charge in [-0.05, 0) is 43.2 Å². The summed E-state index contributed by atoms with van der Waals surface area (Å²) in [5.41, 5.74) is 1.94. The molecule has 1 aliphatic carbocycles. The lowest BCUT2D eigenvalue weighted by atomic mass is 10.0. The molecule has 140 valence electrons. The van der Waals surface area contributed by atoms with Gasteiger partial charge < -0.3 is 9.47 Å². The fourth-order valence-electron chi connectivity index (χ4n) is 4.39. The van der Waals surface area contributed by atoms with Crippen LogP contribution in [0.1, 0.15) is 43.6 Å². The van der Waals surface area contributed by atoms with Crippen molar-refractivity contribution in [3.05, 3.63) is 36.0 Å². The average Bonchev–Trinajstić information content (AvgIpc) is 3.41. The molecule has 2 fully saturated rings. The minimum absolute atomic E-state index is 0.183. The Morgan fingerprint density at radius 1 is 1.19 bits per heavy atom. The zero-order valence-electron chi connectivity index (χ0n) is 16.3. The van der Waals surface area contributed by atoms with Crippen LogP contribution >= 0.6 is 0 Å². The summed E-state index contributed by atoms with van der Waals surface area (Å²) in [6, 6.07) is 10.8. The molecule has 1 saturated heterocycles. The second kappa shape index (κ2) is 7.07. The number of hydrogen-bond acceptors (Lipinski definition) is 2. The predicted octanol–water partition coefficient (Wildman–Crippen LogP) is 3.76. The monoisotopic (exact) mass is 353 g/mol. The van der Waals surface area contributed by atoms with Crippen molar-refractivity contribution in [2.45, 2.75) is 39.2 Å². The minimum Gasteiger partial charge on any atom is -0.340 e. The Labute approximate surface area is 156 Å². The third-order valence-corrected chi connectivity index (χ3v) is 6.17. The Hall–Kier alpha value is -1.81. The van der Waals surface area contributed by atoms with Crippen LogP contribution in [0.25, 0.3) is 10.9 Å². The van der Waals surface area contributed by atoms with Gasteiger partial charge in [0.2, 0.25) is 0 Å². The predicted molar refractivity (Wildman–Crippen MR) is 106 cm³/mol. The molecule has 1 saturated carbocycles. The second-order valence-electron chi connectivity index (χ2n) is 8.50. The van der Waals surface area contributed by atoms with Crippen molar-refractivity contribution in [1.29, 1.82) is 0 Å². The molecule has 1 unspecified atom stereocenters. The summed E-state index contributed by atoms with van der Waals surface area (Å²) < 4.78 is 2.05. The molecule has 4 nitrogen and oxygen atoms in total. The second-order valence-corrected chi connectivity index (χ2v) is 8.50. The van der Waals surface area contributed by atoms with Gasteiger partial charge in [0.15, 0.2) is 0 Å². The highest BCUT2D eigenvalue weighted by Crippen LogP contribution is 2.32. The minimum atomic E-state index is 0.183. The van der Waals surface area contributed by atoms with Gasteiger partial charge in [-0.25, -0.2) is 0 Å². The quantitative estimate of drug-likeness (QED) is 0.837. The molecule has 0 N–H and O–H groups in total. The van der Waals surface area contributed by atoms with E-state index < -0.39 is 0 Å². The summed E-state index contributed by atoms with van der Waals surface area (Å²) in [5, 5.41) is 1.14. The van der Waals surface area contributed by atoms with Crippen LogP contribution in [-0.2, 0) is 7.05 Å². The van der Waals surface area contributed by atoms with Crippen molar-refractivity contribution in [3.63, 3.8) is 0 Å². The van der Waals surface area contributed by atoms with E-state index in [2.05, 4.69) is 46.4 Å². The van der Waals surface area contributed by atoms with Gasteiger partial charge in [0.05, 0.1) is 0 Å². The van der Waals surface area contributed by atoms with Crippen LogP contribution in [-0.4, -0.2) is 52.5 Å². The third kappa shape index (κ3) is 3.39. The van der Waals surface area contributed by atoms with Crippen LogP contribution < -0.4 is 0 Å². The number of carbonyl (C=O) groups is 1. The smallest absolute Gasteiger partial charge is 0.270 e. The number of benzene rings is 1. The zero-order chi connectivity index (χ0) is 18.3. The Bertz CT molecular complexity index is 790. The summed E-state index contributed by atoms with van der Waals surface area (Å²) in [6.45, 7) is 8.66. The van der Waals surface area contributed by atoms with Crippen molar-refractivity contribution in [2.24, 2.45) is 18.9 Å². The first kappa shape index (κ1) is 17.6. The molecule has 1 aromatic heterocycles. The Kier molecular flexibility index (Phi) is 4.78. The number of carbonyl (C=O) groups excluding carboxylic acids is 1. The normalized spacial score (nSPS) is 22.2. The maximum absolute atomic E-state index is 13.3. The van der Waals surface area contributed by atoms with Gasteiger partial charge in [-0.1, -0.05) is 32.0 Å². The molecule has 1 aliphatic heterocycles. The van der Waals surface area contributed by atoms with Gasteiger partial charge in [-0.15, -0.1) is 0 Å². The number of aryl methyl sites for hydroxylation is 1. The van der Waals surface area contributed by atoms with E-state index in [1.165, 1.54) is 19.4 Å². The number of amides is 1. The van der Waals surface area contributed by atoms with E-state index in [1.54, 1.807) is 0 Å². The number of hydrogen-bond donors (Lipinski definition) is 0. The highest BCUT2D eigenvalue weighted by atomic mass is 16.2. The number of aromatic nitrogens is 1. The number of para-hydroxylation sites is 1. The van der Waals surface area contributed by atoms with Gasteiger partial charge in [0.25, 0.3) is 5.91 Å². The van der Waals surface area contributed by atoms with Crippen molar-refractivity contribution in [2.75, 3.05) is 26.2 Å². The fraction of sp³-hybridized carbons (Fsp3) is 0.591. The molecule has 0 bridgehead atoms. The largest absolute Gasteiger partial charge is 0.340 e. The first-order valence-electron chi connectivity index (χ1n) is 10.1. The average molecular weight is 354 g/mol. The Balaban J connectivity index is 1.57. The van der Waals surface area contributed by atoms with Gasteiger partial charge in [-0.3, -0.25) is 9.69 Å².